The SMILES string of the molecule is ONC1=NCCCCC1C1CCOCC1. The lowest BCUT2D eigenvalue weighted by molar-refractivity contribution is 0.0531. The number of amidine groups is 1. The molecule has 1 fully saturated rings. The quantitative estimate of drug-likeness (QED) is 0.649. The zero-order chi connectivity index (χ0) is 10.5. The topological polar surface area (TPSA) is 53.8 Å². The predicted molar refractivity (Wildman–Crippen MR) is 58.1 cm³/mol. The lowest BCUT2D eigenvalue weighted by Crippen LogP contribution is -2.35. The van der Waals surface area contributed by atoms with Crippen LogP contribution in [0.3, 0.4) is 0 Å². The van der Waals surface area contributed by atoms with Crippen LogP contribution in [-0.2, 0) is 4.74 Å². The second kappa shape index (κ2) is 5.47. The first-order chi connectivity index (χ1) is 7.42. The van der Waals surface area contributed by atoms with Crippen LogP contribution in [0.15, 0.2) is 4.99 Å². The number of rotatable bonds is 1. The number of hydrogen-bond donors (Lipinski definition) is 2. The van der Waals surface area contributed by atoms with Crippen molar-refractivity contribution in [3.05, 3.63) is 0 Å². The molecule has 0 aliphatic carbocycles. The average Bonchev–Trinajstić information content (AvgIpc) is 2.55. The van der Waals surface area contributed by atoms with E-state index in [-0.39, 0.29) is 0 Å². The van der Waals surface area contributed by atoms with Gasteiger partial charge >= 0.3 is 0 Å². The number of ether oxygens (including phenoxy) is 1. The molecule has 4 nitrogen and oxygen atoms in total. The Morgan fingerprint density at radius 2 is 2.00 bits per heavy atom. The molecule has 2 aliphatic heterocycles. The number of hydrogen-bond acceptors (Lipinski definition) is 4. The van der Waals surface area contributed by atoms with Crippen molar-refractivity contribution in [2.45, 2.75) is 32.1 Å². The maximum atomic E-state index is 9.11. The summed E-state index contributed by atoms with van der Waals surface area (Å²) in [7, 11) is 0. The van der Waals surface area contributed by atoms with Gasteiger partial charge in [0.2, 0.25) is 0 Å². The molecule has 4 heteroatoms. The molecular formula is C11H20N2O2. The van der Waals surface area contributed by atoms with E-state index in [1.54, 1.807) is 0 Å². The van der Waals surface area contributed by atoms with Crippen molar-refractivity contribution in [2.24, 2.45) is 16.8 Å². The molecular weight excluding hydrogens is 192 g/mol. The Morgan fingerprint density at radius 1 is 1.20 bits per heavy atom. The Morgan fingerprint density at radius 3 is 2.73 bits per heavy atom. The number of hydroxylamine groups is 1. The fraction of sp³-hybridized carbons (Fsp3) is 0.909. The van der Waals surface area contributed by atoms with E-state index in [0.717, 1.165) is 51.3 Å². The Hall–Kier alpha value is -0.610. The molecule has 15 heavy (non-hydrogen) atoms. The van der Waals surface area contributed by atoms with E-state index >= 15 is 0 Å². The van der Waals surface area contributed by atoms with Crippen LogP contribution >= 0.6 is 0 Å². The van der Waals surface area contributed by atoms with E-state index in [1.165, 1.54) is 6.42 Å². The second-order valence-corrected chi connectivity index (χ2v) is 4.43. The van der Waals surface area contributed by atoms with Crippen LogP contribution < -0.4 is 5.48 Å². The van der Waals surface area contributed by atoms with E-state index < -0.39 is 0 Å². The monoisotopic (exact) mass is 212 g/mol. The van der Waals surface area contributed by atoms with Crippen LogP contribution in [0.25, 0.3) is 0 Å². The molecule has 0 aromatic rings. The molecule has 2 heterocycles. The summed E-state index contributed by atoms with van der Waals surface area (Å²) in [6.07, 6.45) is 5.72. The van der Waals surface area contributed by atoms with Crippen LogP contribution in [0.2, 0.25) is 0 Å². The maximum absolute atomic E-state index is 9.11. The van der Waals surface area contributed by atoms with E-state index in [4.69, 9.17) is 9.94 Å². The lowest BCUT2D eigenvalue weighted by Gasteiger charge is -2.30. The highest BCUT2D eigenvalue weighted by Crippen LogP contribution is 2.29. The third-order valence-electron chi connectivity index (χ3n) is 3.51. The number of nitrogens with one attached hydrogen (secondary N) is 1. The fourth-order valence-corrected chi connectivity index (χ4v) is 2.62. The summed E-state index contributed by atoms with van der Waals surface area (Å²) in [6, 6.07) is 0. The smallest absolute Gasteiger partial charge is 0.123 e. The summed E-state index contributed by atoms with van der Waals surface area (Å²) < 4.78 is 5.37. The molecule has 0 aromatic carbocycles. The first-order valence-electron chi connectivity index (χ1n) is 5.94. The van der Waals surface area contributed by atoms with Gasteiger partial charge in [0, 0.05) is 25.7 Å². The third-order valence-corrected chi connectivity index (χ3v) is 3.51. The molecule has 0 radical (unpaired) electrons. The summed E-state index contributed by atoms with van der Waals surface area (Å²) in [6.45, 7) is 2.57. The first-order valence-corrected chi connectivity index (χ1v) is 5.94. The molecule has 2 aliphatic rings. The third kappa shape index (κ3) is 2.69. The minimum atomic E-state index is 0.418. The minimum absolute atomic E-state index is 0.418. The van der Waals surface area contributed by atoms with Crippen molar-refractivity contribution in [2.75, 3.05) is 19.8 Å². The molecule has 1 atom stereocenters. The van der Waals surface area contributed by atoms with Crippen LogP contribution in [0.4, 0.5) is 0 Å². The first kappa shape index (κ1) is 10.9. The Balaban J connectivity index is 2.02. The fourth-order valence-electron chi connectivity index (χ4n) is 2.62. The van der Waals surface area contributed by atoms with Gasteiger partial charge in [0.1, 0.15) is 5.84 Å². The van der Waals surface area contributed by atoms with E-state index in [1.807, 2.05) is 0 Å². The van der Waals surface area contributed by atoms with Crippen LogP contribution in [0.1, 0.15) is 32.1 Å². The minimum Gasteiger partial charge on any atom is -0.381 e. The Bertz CT molecular complexity index is 225. The van der Waals surface area contributed by atoms with Gasteiger partial charge in [0.25, 0.3) is 0 Å². The van der Waals surface area contributed by atoms with Gasteiger partial charge in [0.05, 0.1) is 0 Å². The standard InChI is InChI=1S/C11H20N2O2/c14-13-11-10(3-1-2-6-12-11)9-4-7-15-8-5-9/h9-10,14H,1-8H2,(H,12,13). The molecule has 2 rings (SSSR count). The summed E-state index contributed by atoms with van der Waals surface area (Å²) in [5.74, 6) is 1.86. The average molecular weight is 212 g/mol. The van der Waals surface area contributed by atoms with Gasteiger partial charge < -0.3 is 4.74 Å². The molecule has 0 aromatic heterocycles. The molecule has 0 bridgehead atoms. The normalized spacial score (nSPS) is 29.4. The number of nitrogens with zero attached hydrogens (tertiary/aromatic N) is 1. The van der Waals surface area contributed by atoms with E-state index in [0.29, 0.717) is 11.8 Å². The zero-order valence-electron chi connectivity index (χ0n) is 9.11. The molecule has 86 valence electrons. The van der Waals surface area contributed by atoms with Crippen molar-refractivity contribution in [1.82, 2.24) is 5.48 Å². The molecule has 0 amide bonds. The van der Waals surface area contributed by atoms with Gasteiger partial charge in [-0.15, -0.1) is 0 Å². The Kier molecular flexibility index (Phi) is 3.97. The maximum Gasteiger partial charge on any atom is 0.123 e. The summed E-state index contributed by atoms with van der Waals surface area (Å²) in [5, 5.41) is 9.11. The molecule has 1 unspecified atom stereocenters. The lowest BCUT2D eigenvalue weighted by atomic mass is 9.82. The van der Waals surface area contributed by atoms with Crippen molar-refractivity contribution in [1.29, 1.82) is 0 Å². The highest BCUT2D eigenvalue weighted by molar-refractivity contribution is 5.84. The van der Waals surface area contributed by atoms with Crippen LogP contribution in [0, 0.1) is 11.8 Å². The summed E-state index contributed by atoms with van der Waals surface area (Å²) >= 11 is 0. The Labute approximate surface area is 90.7 Å². The van der Waals surface area contributed by atoms with Gasteiger partial charge in [-0.3, -0.25) is 15.7 Å². The van der Waals surface area contributed by atoms with Crippen molar-refractivity contribution < 1.29 is 9.94 Å². The van der Waals surface area contributed by atoms with Gasteiger partial charge in [-0.05, 0) is 31.6 Å². The van der Waals surface area contributed by atoms with Crippen molar-refractivity contribution in [3.63, 3.8) is 0 Å². The van der Waals surface area contributed by atoms with Crippen molar-refractivity contribution in [3.8, 4) is 0 Å². The van der Waals surface area contributed by atoms with E-state index in [9.17, 15) is 0 Å². The highest BCUT2D eigenvalue weighted by atomic mass is 16.5. The van der Waals surface area contributed by atoms with Crippen LogP contribution in [0.5, 0.6) is 0 Å². The highest BCUT2D eigenvalue weighted by Gasteiger charge is 2.28. The molecule has 0 spiro atoms. The van der Waals surface area contributed by atoms with Gasteiger partial charge in [-0.25, -0.2) is 0 Å². The second-order valence-electron chi connectivity index (χ2n) is 4.43. The molecule has 0 saturated carbocycles. The summed E-state index contributed by atoms with van der Waals surface area (Å²) in [5.41, 5.74) is 2.30. The molecule has 2 N–H and O–H groups in total. The largest absolute Gasteiger partial charge is 0.381 e. The van der Waals surface area contributed by atoms with Gasteiger partial charge in [0.15, 0.2) is 0 Å². The number of aliphatic imine (C=N–C) groups is 1. The molecule has 1 saturated heterocycles. The van der Waals surface area contributed by atoms with Gasteiger partial charge in [-0.2, -0.15) is 0 Å². The van der Waals surface area contributed by atoms with E-state index in [2.05, 4.69) is 10.5 Å². The van der Waals surface area contributed by atoms with Crippen LogP contribution in [-0.4, -0.2) is 30.8 Å². The predicted octanol–water partition coefficient (Wildman–Crippen LogP) is 1.59. The zero-order valence-corrected chi connectivity index (χ0v) is 9.11. The van der Waals surface area contributed by atoms with Gasteiger partial charge in [-0.1, -0.05) is 6.42 Å². The van der Waals surface area contributed by atoms with Crippen molar-refractivity contribution >= 4 is 5.84 Å². The summed E-state index contributed by atoms with van der Waals surface area (Å²) in [4.78, 5) is 4.41.